The lowest BCUT2D eigenvalue weighted by molar-refractivity contribution is -0.108. The van der Waals surface area contributed by atoms with Crippen LogP contribution in [0.25, 0.3) is 0 Å². The summed E-state index contributed by atoms with van der Waals surface area (Å²) < 4.78 is 0. The van der Waals surface area contributed by atoms with E-state index < -0.39 is 0 Å². The highest BCUT2D eigenvalue weighted by Gasteiger charge is 2.53. The standard InChI is InChI=1S/C20H36S/c1-3-14-8-5-6-10-17-15(9-7-11-21)12-19-18(14)13-20(19)16(17)4-2/h14-21H,3-13H2,1-2H3. The fourth-order valence-corrected chi connectivity index (χ4v) is 6.79. The Kier molecular flexibility index (Phi) is 5.62. The van der Waals surface area contributed by atoms with Crippen molar-refractivity contribution in [3.05, 3.63) is 0 Å². The minimum absolute atomic E-state index is 1.04. The lowest BCUT2D eigenvalue weighted by atomic mass is 9.45. The molecule has 5 saturated carbocycles. The average Bonchev–Trinajstić information content (AvgIpc) is 2.50. The van der Waals surface area contributed by atoms with E-state index >= 15 is 0 Å². The van der Waals surface area contributed by atoms with Gasteiger partial charge in [0.25, 0.3) is 0 Å². The Balaban J connectivity index is 1.79. The molecular formula is C20H36S. The third-order valence-corrected chi connectivity index (χ3v) is 7.94. The molecule has 21 heavy (non-hydrogen) atoms. The Hall–Kier alpha value is 0.350. The van der Waals surface area contributed by atoms with E-state index in [9.17, 15) is 0 Å². The van der Waals surface area contributed by atoms with Crippen molar-refractivity contribution in [3.8, 4) is 0 Å². The van der Waals surface area contributed by atoms with Crippen molar-refractivity contribution in [2.24, 2.45) is 41.4 Å². The van der Waals surface area contributed by atoms with Crippen LogP contribution in [-0.4, -0.2) is 5.75 Å². The van der Waals surface area contributed by atoms with Gasteiger partial charge in [-0.25, -0.2) is 0 Å². The maximum Gasteiger partial charge on any atom is -0.00978 e. The smallest absolute Gasteiger partial charge is 0.00978 e. The third-order valence-electron chi connectivity index (χ3n) is 7.62. The second-order valence-corrected chi connectivity index (χ2v) is 8.72. The van der Waals surface area contributed by atoms with Gasteiger partial charge >= 0.3 is 0 Å². The molecule has 7 atom stereocenters. The van der Waals surface area contributed by atoms with Crippen molar-refractivity contribution >= 4 is 12.6 Å². The highest BCUT2D eigenvalue weighted by atomic mass is 32.1. The van der Waals surface area contributed by atoms with Crippen LogP contribution in [0.2, 0.25) is 0 Å². The van der Waals surface area contributed by atoms with Gasteiger partial charge in [0.05, 0.1) is 0 Å². The molecule has 5 aliphatic rings. The third kappa shape index (κ3) is 3.06. The van der Waals surface area contributed by atoms with Gasteiger partial charge in [0, 0.05) is 0 Å². The first-order chi connectivity index (χ1) is 10.3. The lowest BCUT2D eigenvalue weighted by Crippen LogP contribution is -2.52. The van der Waals surface area contributed by atoms with Crippen LogP contribution in [0.3, 0.4) is 0 Å². The first-order valence-electron chi connectivity index (χ1n) is 9.90. The van der Waals surface area contributed by atoms with Crippen molar-refractivity contribution in [2.45, 2.75) is 78.1 Å². The van der Waals surface area contributed by atoms with Gasteiger partial charge in [-0.1, -0.05) is 46.0 Å². The molecule has 0 spiro atoms. The van der Waals surface area contributed by atoms with E-state index in [0.717, 1.165) is 47.2 Å². The quantitative estimate of drug-likeness (QED) is 0.573. The van der Waals surface area contributed by atoms with Crippen molar-refractivity contribution < 1.29 is 0 Å². The van der Waals surface area contributed by atoms with E-state index in [-0.39, 0.29) is 0 Å². The minimum atomic E-state index is 1.04. The van der Waals surface area contributed by atoms with E-state index in [2.05, 4.69) is 26.5 Å². The van der Waals surface area contributed by atoms with Crippen molar-refractivity contribution in [1.29, 1.82) is 0 Å². The predicted molar refractivity (Wildman–Crippen MR) is 95.8 cm³/mol. The monoisotopic (exact) mass is 308 g/mol. The average molecular weight is 309 g/mol. The molecule has 5 fully saturated rings. The molecule has 7 unspecified atom stereocenters. The van der Waals surface area contributed by atoms with Gasteiger partial charge in [0.15, 0.2) is 0 Å². The molecule has 0 nitrogen and oxygen atoms in total. The van der Waals surface area contributed by atoms with E-state index in [1.807, 2.05) is 0 Å². The summed E-state index contributed by atoms with van der Waals surface area (Å²) in [6.07, 6.45) is 15.0. The fraction of sp³-hybridized carbons (Fsp3) is 1.00. The van der Waals surface area contributed by atoms with E-state index in [0.29, 0.717) is 0 Å². The normalized spacial score (nSPS) is 46.1. The molecule has 0 aromatic carbocycles. The molecular weight excluding hydrogens is 272 g/mol. The van der Waals surface area contributed by atoms with Gasteiger partial charge < -0.3 is 0 Å². The van der Waals surface area contributed by atoms with Crippen LogP contribution in [0.15, 0.2) is 0 Å². The molecule has 0 heterocycles. The van der Waals surface area contributed by atoms with Gasteiger partial charge in [0.2, 0.25) is 0 Å². The first-order valence-corrected chi connectivity index (χ1v) is 10.5. The number of rotatable bonds is 5. The summed E-state index contributed by atoms with van der Waals surface area (Å²) in [7, 11) is 0. The summed E-state index contributed by atoms with van der Waals surface area (Å²) >= 11 is 4.48. The maximum atomic E-state index is 4.48. The van der Waals surface area contributed by atoms with Gasteiger partial charge in [-0.3, -0.25) is 0 Å². The Morgan fingerprint density at radius 1 is 0.810 bits per heavy atom. The van der Waals surface area contributed by atoms with Gasteiger partial charge in [0.1, 0.15) is 0 Å². The van der Waals surface area contributed by atoms with E-state index in [4.69, 9.17) is 0 Å². The van der Waals surface area contributed by atoms with E-state index in [1.165, 1.54) is 44.9 Å². The van der Waals surface area contributed by atoms with Crippen LogP contribution in [-0.2, 0) is 0 Å². The molecule has 0 radical (unpaired) electrons. The molecule has 122 valence electrons. The topological polar surface area (TPSA) is 0 Å². The zero-order valence-electron chi connectivity index (χ0n) is 14.3. The second-order valence-electron chi connectivity index (χ2n) is 8.28. The molecule has 0 amide bonds. The van der Waals surface area contributed by atoms with Gasteiger partial charge in [-0.2, -0.15) is 12.6 Å². The van der Waals surface area contributed by atoms with Crippen LogP contribution < -0.4 is 0 Å². The summed E-state index contributed by atoms with van der Waals surface area (Å²) in [6, 6.07) is 0. The summed E-state index contributed by atoms with van der Waals surface area (Å²) in [6.45, 7) is 4.93. The first kappa shape index (κ1) is 16.2. The number of fused-ring (bicyclic) bond motifs is 1. The molecule has 0 saturated heterocycles. The maximum absolute atomic E-state index is 4.48. The molecule has 5 rings (SSSR count). The summed E-state index contributed by atoms with van der Waals surface area (Å²) in [5.41, 5.74) is 0. The van der Waals surface area contributed by atoms with Gasteiger partial charge in [-0.05, 0) is 79.3 Å². The Labute approximate surface area is 138 Å². The number of hydrogen-bond donors (Lipinski definition) is 1. The number of hydrogen-bond acceptors (Lipinski definition) is 1. The van der Waals surface area contributed by atoms with Gasteiger partial charge in [-0.15, -0.1) is 0 Å². The molecule has 4 bridgehead atoms. The fourth-order valence-electron chi connectivity index (χ4n) is 6.61. The van der Waals surface area contributed by atoms with Crippen molar-refractivity contribution in [1.82, 2.24) is 0 Å². The molecule has 0 aromatic rings. The Morgan fingerprint density at radius 3 is 2.33 bits per heavy atom. The van der Waals surface area contributed by atoms with E-state index in [1.54, 1.807) is 19.3 Å². The van der Waals surface area contributed by atoms with Crippen molar-refractivity contribution in [3.63, 3.8) is 0 Å². The van der Waals surface area contributed by atoms with Crippen LogP contribution in [0, 0.1) is 41.4 Å². The lowest BCUT2D eigenvalue weighted by Gasteiger charge is -2.60. The van der Waals surface area contributed by atoms with Crippen LogP contribution >= 0.6 is 12.6 Å². The summed E-state index contributed by atoms with van der Waals surface area (Å²) in [5.74, 6) is 8.66. The highest BCUT2D eigenvalue weighted by Crippen LogP contribution is 2.61. The zero-order chi connectivity index (χ0) is 14.8. The summed E-state index contributed by atoms with van der Waals surface area (Å²) in [5, 5.41) is 0. The molecule has 5 aliphatic carbocycles. The number of thiol groups is 1. The second kappa shape index (κ2) is 7.28. The molecule has 0 aromatic heterocycles. The Morgan fingerprint density at radius 2 is 1.62 bits per heavy atom. The molecule has 0 aliphatic heterocycles. The van der Waals surface area contributed by atoms with Crippen molar-refractivity contribution in [2.75, 3.05) is 5.75 Å². The zero-order valence-corrected chi connectivity index (χ0v) is 15.2. The molecule has 1 heteroatoms. The largest absolute Gasteiger partial charge is 0.179 e. The predicted octanol–water partition coefficient (Wildman–Crippen LogP) is 6.21. The summed E-state index contributed by atoms with van der Waals surface area (Å²) in [4.78, 5) is 0. The van der Waals surface area contributed by atoms with Crippen LogP contribution in [0.1, 0.15) is 78.1 Å². The van der Waals surface area contributed by atoms with Crippen LogP contribution in [0.4, 0.5) is 0 Å². The Bertz CT molecular complexity index is 322. The van der Waals surface area contributed by atoms with Crippen LogP contribution in [0.5, 0.6) is 0 Å². The highest BCUT2D eigenvalue weighted by molar-refractivity contribution is 7.80. The minimum Gasteiger partial charge on any atom is -0.179 e. The SMILES string of the molecule is CCC1CCCCC2C(CCCS)CC3C1CC3C2CC. The molecule has 0 N–H and O–H groups in total.